The Balaban J connectivity index is 1.56. The fourth-order valence-corrected chi connectivity index (χ4v) is 9.07. The molecule has 5 rings (SSSR count). The minimum absolute atomic E-state index is 0.0887. The number of halogens is 1. The molecule has 3 fully saturated rings. The minimum atomic E-state index is -0.845. The van der Waals surface area contributed by atoms with E-state index in [9.17, 15) is 19.5 Å². The Labute approximate surface area is 226 Å². The molecule has 3 amide bonds. The van der Waals surface area contributed by atoms with Crippen LogP contribution in [0.2, 0.25) is 5.02 Å². The van der Waals surface area contributed by atoms with Crippen LogP contribution in [0.4, 0.5) is 11.4 Å². The van der Waals surface area contributed by atoms with E-state index < -0.39 is 33.4 Å². The highest BCUT2D eigenvalue weighted by Crippen LogP contribution is 2.71. The van der Waals surface area contributed by atoms with E-state index in [1.165, 1.54) is 0 Å². The summed E-state index contributed by atoms with van der Waals surface area (Å²) in [6.07, 6.45) is 1.34. The molecule has 3 saturated heterocycles. The van der Waals surface area contributed by atoms with Crippen molar-refractivity contribution < 1.29 is 19.5 Å². The summed E-state index contributed by atoms with van der Waals surface area (Å²) in [5, 5.41) is 16.7. The van der Waals surface area contributed by atoms with Crippen molar-refractivity contribution in [1.29, 1.82) is 0 Å². The summed E-state index contributed by atoms with van der Waals surface area (Å²) in [5.41, 5.74) is 1.14. The summed E-state index contributed by atoms with van der Waals surface area (Å²) in [6, 6.07) is 14.8. The molecule has 37 heavy (non-hydrogen) atoms. The van der Waals surface area contributed by atoms with Crippen LogP contribution in [0.5, 0.6) is 0 Å². The van der Waals surface area contributed by atoms with Crippen molar-refractivity contribution in [2.24, 2.45) is 17.8 Å². The molecule has 0 aromatic heterocycles. The Morgan fingerprint density at radius 2 is 1.76 bits per heavy atom. The number of nitrogens with one attached hydrogen (secondary N) is 2. The first-order chi connectivity index (χ1) is 17.6. The molecule has 2 unspecified atom stereocenters. The van der Waals surface area contributed by atoms with Gasteiger partial charge in [0, 0.05) is 10.4 Å². The van der Waals surface area contributed by atoms with Gasteiger partial charge in [0.15, 0.2) is 0 Å². The van der Waals surface area contributed by atoms with Crippen LogP contribution in [0, 0.1) is 17.8 Å². The third-order valence-corrected chi connectivity index (χ3v) is 10.5. The van der Waals surface area contributed by atoms with E-state index in [1.54, 1.807) is 40.9 Å². The van der Waals surface area contributed by atoms with Crippen LogP contribution >= 0.6 is 23.4 Å². The maximum Gasteiger partial charge on any atom is 0.248 e. The van der Waals surface area contributed by atoms with Gasteiger partial charge in [0.1, 0.15) is 6.04 Å². The Kier molecular flexibility index (Phi) is 6.79. The number of nitrogens with zero attached hydrogens (tertiary/aromatic N) is 1. The molecule has 6 atom stereocenters. The quantitative estimate of drug-likeness (QED) is 0.482. The van der Waals surface area contributed by atoms with E-state index in [0.29, 0.717) is 29.2 Å². The van der Waals surface area contributed by atoms with Gasteiger partial charge in [0.05, 0.1) is 39.9 Å². The number of aliphatic hydroxyl groups is 1. The highest BCUT2D eigenvalue weighted by molar-refractivity contribution is 8.02. The van der Waals surface area contributed by atoms with E-state index in [2.05, 4.69) is 10.6 Å². The zero-order valence-electron chi connectivity index (χ0n) is 21.1. The van der Waals surface area contributed by atoms with Gasteiger partial charge in [-0.25, -0.2) is 0 Å². The summed E-state index contributed by atoms with van der Waals surface area (Å²) >= 11 is 7.94. The molecule has 0 saturated carbocycles. The molecule has 9 heteroatoms. The van der Waals surface area contributed by atoms with E-state index in [4.69, 9.17) is 11.6 Å². The van der Waals surface area contributed by atoms with Crippen molar-refractivity contribution in [3.8, 4) is 0 Å². The molecule has 0 radical (unpaired) electrons. The summed E-state index contributed by atoms with van der Waals surface area (Å²) in [6.45, 7) is 5.61. The average Bonchev–Trinajstić information content (AvgIpc) is 3.42. The van der Waals surface area contributed by atoms with Crippen LogP contribution in [-0.4, -0.2) is 55.9 Å². The number of hydrogen-bond donors (Lipinski definition) is 3. The zero-order chi connectivity index (χ0) is 26.5. The molecule has 2 bridgehead atoms. The summed E-state index contributed by atoms with van der Waals surface area (Å²) in [5.74, 6) is -2.16. The summed E-state index contributed by atoms with van der Waals surface area (Å²) in [4.78, 5) is 43.5. The molecule has 3 N–H and O–H groups in total. The number of amides is 3. The van der Waals surface area contributed by atoms with Gasteiger partial charge in [-0.3, -0.25) is 14.4 Å². The highest BCUT2D eigenvalue weighted by atomic mass is 35.5. The number of carbonyl (C=O) groups excluding carboxylic acids is 3. The number of likely N-dealkylation sites (tertiary alicyclic amines) is 1. The van der Waals surface area contributed by atoms with Gasteiger partial charge in [0.25, 0.3) is 0 Å². The van der Waals surface area contributed by atoms with Crippen molar-refractivity contribution >= 4 is 52.5 Å². The van der Waals surface area contributed by atoms with Gasteiger partial charge >= 0.3 is 0 Å². The first kappa shape index (κ1) is 26.1. The van der Waals surface area contributed by atoms with Gasteiger partial charge in [-0.1, -0.05) is 55.8 Å². The van der Waals surface area contributed by atoms with Crippen LogP contribution in [0.1, 0.15) is 33.6 Å². The van der Waals surface area contributed by atoms with Crippen LogP contribution in [0.25, 0.3) is 0 Å². The smallest absolute Gasteiger partial charge is 0.248 e. The normalized spacial score (nSPS) is 30.9. The number of rotatable bonds is 7. The Morgan fingerprint density at radius 3 is 2.41 bits per heavy atom. The molecular weight excluding hydrogens is 510 g/mol. The van der Waals surface area contributed by atoms with Crippen molar-refractivity contribution in [3.05, 3.63) is 59.6 Å². The van der Waals surface area contributed by atoms with Crippen molar-refractivity contribution in [1.82, 2.24) is 4.90 Å². The second kappa shape index (κ2) is 9.64. The maximum absolute atomic E-state index is 14.2. The van der Waals surface area contributed by atoms with Gasteiger partial charge < -0.3 is 20.6 Å². The SMILES string of the molecule is CC(C)[C@H](CO)N1C(=O)[C@@H]2[C@H](C(=O)Nc3ccccc3)[C@]3(C)CCC2(S3)C1C(=O)Nc1ccccc1Cl. The van der Waals surface area contributed by atoms with Crippen molar-refractivity contribution in [3.63, 3.8) is 0 Å². The number of aliphatic hydroxyl groups excluding tert-OH is 1. The number of fused-ring (bicyclic) bond motifs is 1. The molecule has 1 spiro atoms. The van der Waals surface area contributed by atoms with Gasteiger partial charge in [-0.05, 0) is 49.9 Å². The third-order valence-electron chi connectivity index (χ3n) is 8.23. The van der Waals surface area contributed by atoms with Gasteiger partial charge in [0.2, 0.25) is 17.7 Å². The number of thioether (sulfide) groups is 1. The van der Waals surface area contributed by atoms with Crippen molar-refractivity contribution in [2.45, 2.75) is 55.2 Å². The van der Waals surface area contributed by atoms with E-state index in [1.807, 2.05) is 51.1 Å². The Bertz CT molecular complexity index is 1230. The fraction of sp³-hybridized carbons (Fsp3) is 0.464. The molecule has 0 aliphatic carbocycles. The zero-order valence-corrected chi connectivity index (χ0v) is 22.7. The first-order valence-electron chi connectivity index (χ1n) is 12.7. The average molecular weight is 542 g/mol. The van der Waals surface area contributed by atoms with Gasteiger partial charge in [-0.2, -0.15) is 0 Å². The predicted octanol–water partition coefficient (Wildman–Crippen LogP) is 4.42. The fourth-order valence-electron chi connectivity index (χ4n) is 6.55. The van der Waals surface area contributed by atoms with Crippen LogP contribution < -0.4 is 10.6 Å². The monoisotopic (exact) mass is 541 g/mol. The number of hydrogen-bond acceptors (Lipinski definition) is 5. The summed E-state index contributed by atoms with van der Waals surface area (Å²) < 4.78 is -1.26. The number of para-hydroxylation sites is 2. The molecule has 2 aromatic carbocycles. The van der Waals surface area contributed by atoms with Crippen molar-refractivity contribution in [2.75, 3.05) is 17.2 Å². The van der Waals surface area contributed by atoms with E-state index in [-0.39, 0.29) is 30.2 Å². The van der Waals surface area contributed by atoms with Crippen LogP contribution in [-0.2, 0) is 14.4 Å². The number of carbonyl (C=O) groups is 3. The molecule has 3 heterocycles. The second-order valence-electron chi connectivity index (χ2n) is 10.8. The van der Waals surface area contributed by atoms with Crippen LogP contribution in [0.3, 0.4) is 0 Å². The lowest BCUT2D eigenvalue weighted by Gasteiger charge is -2.38. The lowest BCUT2D eigenvalue weighted by molar-refractivity contribution is -0.142. The van der Waals surface area contributed by atoms with E-state index >= 15 is 0 Å². The molecule has 196 valence electrons. The number of anilines is 2. The third kappa shape index (κ3) is 4.14. The standard InChI is InChI=1S/C28H32ClN3O4S/c1-16(2)20(15-33)32-23(25(35)31-19-12-8-7-11-18(19)29)28-14-13-27(3,37-28)21(22(28)26(32)36)24(34)30-17-9-5-4-6-10-17/h4-12,16,20-23,33H,13-15H2,1-3H3,(H,30,34)(H,31,35)/t20-,21+,22-,23?,27-,28?/m0/s1. The first-order valence-corrected chi connectivity index (χ1v) is 13.9. The minimum Gasteiger partial charge on any atom is -0.394 e. The molecule has 2 aromatic rings. The Hall–Kier alpha value is -2.55. The summed E-state index contributed by atoms with van der Waals surface area (Å²) in [7, 11) is 0. The Morgan fingerprint density at radius 1 is 1.08 bits per heavy atom. The maximum atomic E-state index is 14.2. The predicted molar refractivity (Wildman–Crippen MR) is 146 cm³/mol. The molecule has 3 aliphatic heterocycles. The van der Waals surface area contributed by atoms with Crippen LogP contribution in [0.15, 0.2) is 54.6 Å². The largest absolute Gasteiger partial charge is 0.394 e. The topological polar surface area (TPSA) is 98.7 Å². The molecule has 7 nitrogen and oxygen atoms in total. The molecule has 3 aliphatic rings. The second-order valence-corrected chi connectivity index (χ2v) is 13.1. The molecular formula is C28H32ClN3O4S. The lowest BCUT2D eigenvalue weighted by Crippen LogP contribution is -2.56. The number of benzene rings is 2. The highest BCUT2D eigenvalue weighted by Gasteiger charge is 2.77. The van der Waals surface area contributed by atoms with Gasteiger partial charge in [-0.15, -0.1) is 11.8 Å². The lowest BCUT2D eigenvalue weighted by atomic mass is 9.66. The van der Waals surface area contributed by atoms with E-state index in [0.717, 1.165) is 0 Å².